The number of nitrogens with one attached hydrogen (secondary N) is 1. The van der Waals surface area contributed by atoms with Gasteiger partial charge in [0.1, 0.15) is 0 Å². The van der Waals surface area contributed by atoms with E-state index in [4.69, 9.17) is 21.1 Å². The smallest absolute Gasteiger partial charge is 0.417 e. The molecule has 164 valence electrons. The Balaban J connectivity index is 1.48. The van der Waals surface area contributed by atoms with Gasteiger partial charge < -0.3 is 19.9 Å². The molecular weight excluding hydrogens is 437 g/mol. The summed E-state index contributed by atoms with van der Waals surface area (Å²) < 4.78 is 50.1. The number of aromatic nitrogens is 1. The number of pyridine rings is 1. The van der Waals surface area contributed by atoms with Gasteiger partial charge in [0, 0.05) is 29.8 Å². The van der Waals surface area contributed by atoms with Crippen LogP contribution in [0.5, 0.6) is 5.88 Å². The molecule has 6 nitrogen and oxygen atoms in total. The summed E-state index contributed by atoms with van der Waals surface area (Å²) in [5.74, 6) is -0.00151. The van der Waals surface area contributed by atoms with Crippen LogP contribution in [-0.2, 0) is 21.1 Å². The van der Waals surface area contributed by atoms with Crippen LogP contribution in [0.4, 0.5) is 18.9 Å². The molecule has 0 radical (unpaired) electrons. The average Bonchev–Trinajstić information content (AvgIpc) is 3.20. The summed E-state index contributed by atoms with van der Waals surface area (Å²) in [7, 11) is 1.48. The molecule has 2 saturated heterocycles. The first-order valence-electron chi connectivity index (χ1n) is 9.66. The van der Waals surface area contributed by atoms with Gasteiger partial charge in [-0.2, -0.15) is 13.2 Å². The highest BCUT2D eigenvalue weighted by Crippen LogP contribution is 2.77. The number of fused-ring (bicyclic) bond motifs is 5. The predicted octanol–water partition coefficient (Wildman–Crippen LogP) is 3.56. The number of rotatable bonds is 4. The van der Waals surface area contributed by atoms with Crippen molar-refractivity contribution in [2.75, 3.05) is 12.4 Å². The molecule has 1 amide bonds. The number of methoxy groups -OCH3 is 1. The van der Waals surface area contributed by atoms with E-state index >= 15 is 0 Å². The third kappa shape index (κ3) is 2.73. The second kappa shape index (κ2) is 6.57. The van der Waals surface area contributed by atoms with Crippen LogP contribution < -0.4 is 10.1 Å². The van der Waals surface area contributed by atoms with E-state index in [2.05, 4.69) is 10.3 Å². The van der Waals surface area contributed by atoms with E-state index in [0.29, 0.717) is 18.7 Å². The number of benzene rings is 1. The van der Waals surface area contributed by atoms with Crippen molar-refractivity contribution in [3.8, 4) is 5.88 Å². The molecule has 3 aliphatic rings. The lowest BCUT2D eigenvalue weighted by molar-refractivity contribution is -0.137. The predicted molar refractivity (Wildman–Crippen MR) is 104 cm³/mol. The first-order valence-corrected chi connectivity index (χ1v) is 10.0. The zero-order valence-electron chi connectivity index (χ0n) is 16.2. The fraction of sp³-hybridized carbons (Fsp3) is 0.429. The van der Waals surface area contributed by atoms with Gasteiger partial charge in [-0.05, 0) is 36.2 Å². The molecule has 10 heteroatoms. The molecule has 5 atom stereocenters. The summed E-state index contributed by atoms with van der Waals surface area (Å²) in [4.78, 5) is 17.5. The molecule has 1 saturated carbocycles. The van der Waals surface area contributed by atoms with Crippen LogP contribution in [0, 0.1) is 5.41 Å². The monoisotopic (exact) mass is 454 g/mol. The molecule has 2 N–H and O–H groups in total. The van der Waals surface area contributed by atoms with Gasteiger partial charge in [-0.15, -0.1) is 0 Å². The third-order valence-corrected chi connectivity index (χ3v) is 7.09. The number of nitrogens with zero attached hydrogens (tertiary/aromatic N) is 1. The molecule has 2 bridgehead atoms. The Bertz CT molecular complexity index is 1080. The number of aliphatic hydroxyl groups is 1. The Morgan fingerprint density at radius 2 is 2.13 bits per heavy atom. The van der Waals surface area contributed by atoms with Gasteiger partial charge in [0.25, 0.3) is 0 Å². The minimum Gasteiger partial charge on any atom is -0.481 e. The van der Waals surface area contributed by atoms with E-state index in [9.17, 15) is 23.1 Å². The average molecular weight is 455 g/mol. The molecule has 31 heavy (non-hydrogen) atoms. The zero-order chi connectivity index (χ0) is 22.2. The number of hydrogen-bond donors (Lipinski definition) is 2. The number of carbonyl (C=O) groups excluding carboxylic acids is 1. The highest BCUT2D eigenvalue weighted by Gasteiger charge is 2.87. The van der Waals surface area contributed by atoms with Gasteiger partial charge in [-0.1, -0.05) is 11.6 Å². The Hall–Kier alpha value is -2.36. The molecule has 1 aliphatic carbocycles. The largest absolute Gasteiger partial charge is 0.481 e. The minimum absolute atomic E-state index is 0.161. The molecular formula is C21H18ClF3N2O4. The fourth-order valence-corrected chi connectivity index (χ4v) is 5.68. The Morgan fingerprint density at radius 3 is 2.81 bits per heavy atom. The Kier molecular flexibility index (Phi) is 4.35. The summed E-state index contributed by atoms with van der Waals surface area (Å²) in [6, 6.07) is 6.59. The number of anilines is 1. The summed E-state index contributed by atoms with van der Waals surface area (Å²) >= 11 is 5.79. The van der Waals surface area contributed by atoms with Crippen molar-refractivity contribution >= 4 is 23.2 Å². The third-order valence-electron chi connectivity index (χ3n) is 6.78. The van der Waals surface area contributed by atoms with E-state index in [0.717, 1.165) is 17.7 Å². The standard InChI is InChI=1S/C21H18ClF3N2O4/c1-30-16-6-10(4-5-26-16)19-9-20(19,15-8-14(28)17(19)31-15)18(29)27-11-2-3-12(13(22)7-11)21(23,24)25/h2-7,14-15,17,28H,8-9H2,1H3,(H,27,29)/t14-,15+,17-,19+,20+/m0/s1. The van der Waals surface area contributed by atoms with E-state index in [1.54, 1.807) is 18.3 Å². The van der Waals surface area contributed by atoms with Crippen molar-refractivity contribution in [2.24, 2.45) is 5.41 Å². The molecule has 3 heterocycles. The number of carbonyl (C=O) groups is 1. The highest BCUT2D eigenvalue weighted by molar-refractivity contribution is 6.31. The van der Waals surface area contributed by atoms with Crippen LogP contribution in [-0.4, -0.2) is 41.4 Å². The lowest BCUT2D eigenvalue weighted by Gasteiger charge is -2.29. The molecule has 1 aromatic carbocycles. The number of aliphatic hydroxyl groups excluding tert-OH is 1. The molecule has 5 rings (SSSR count). The van der Waals surface area contributed by atoms with Crippen LogP contribution in [0.2, 0.25) is 5.02 Å². The van der Waals surface area contributed by atoms with Crippen LogP contribution in [0.25, 0.3) is 0 Å². The lowest BCUT2D eigenvalue weighted by Crippen LogP contribution is -2.44. The Labute approximate surface area is 180 Å². The zero-order valence-corrected chi connectivity index (χ0v) is 17.0. The van der Waals surface area contributed by atoms with Crippen molar-refractivity contribution in [3.63, 3.8) is 0 Å². The second-order valence-electron chi connectivity index (χ2n) is 8.20. The second-order valence-corrected chi connectivity index (χ2v) is 8.61. The van der Waals surface area contributed by atoms with Crippen molar-refractivity contribution in [2.45, 2.75) is 42.7 Å². The first kappa shape index (κ1) is 20.5. The van der Waals surface area contributed by atoms with Crippen molar-refractivity contribution in [1.82, 2.24) is 4.98 Å². The van der Waals surface area contributed by atoms with Crippen LogP contribution in [0.15, 0.2) is 36.5 Å². The van der Waals surface area contributed by atoms with Gasteiger partial charge in [0.2, 0.25) is 11.8 Å². The number of amides is 1. The molecule has 2 aromatic rings. The van der Waals surface area contributed by atoms with Crippen molar-refractivity contribution in [1.29, 1.82) is 0 Å². The SMILES string of the molecule is COc1cc([C@@]23C[C@]2(C(=O)Nc2ccc(C(F)(F)F)c(Cl)c2)[C@H]2C[C@H](O)[C@@H]3O2)ccn1. The van der Waals surface area contributed by atoms with Gasteiger partial charge in [-0.3, -0.25) is 4.79 Å². The van der Waals surface area contributed by atoms with E-state index in [-0.39, 0.29) is 11.6 Å². The van der Waals surface area contributed by atoms with Crippen molar-refractivity contribution < 1.29 is 32.5 Å². The molecule has 2 aliphatic heterocycles. The molecule has 0 unspecified atom stereocenters. The van der Waals surface area contributed by atoms with E-state index < -0.39 is 45.9 Å². The minimum atomic E-state index is -4.58. The summed E-state index contributed by atoms with van der Waals surface area (Å²) in [5, 5.41) is 12.7. The molecule has 3 fully saturated rings. The van der Waals surface area contributed by atoms with E-state index in [1.165, 1.54) is 13.2 Å². The van der Waals surface area contributed by atoms with Crippen LogP contribution in [0.3, 0.4) is 0 Å². The summed E-state index contributed by atoms with van der Waals surface area (Å²) in [6.45, 7) is 0. The quantitative estimate of drug-likeness (QED) is 0.738. The van der Waals surface area contributed by atoms with Gasteiger partial charge in [-0.25, -0.2) is 4.98 Å². The number of hydrogen-bond acceptors (Lipinski definition) is 5. The van der Waals surface area contributed by atoms with Crippen LogP contribution >= 0.6 is 11.6 Å². The summed E-state index contributed by atoms with van der Waals surface area (Å²) in [5.41, 5.74) is -1.74. The van der Waals surface area contributed by atoms with Gasteiger partial charge >= 0.3 is 6.18 Å². The maximum Gasteiger partial charge on any atom is 0.417 e. The molecule has 1 aromatic heterocycles. The molecule has 0 spiro atoms. The number of ether oxygens (including phenoxy) is 2. The van der Waals surface area contributed by atoms with Crippen LogP contribution in [0.1, 0.15) is 24.0 Å². The van der Waals surface area contributed by atoms with E-state index in [1.807, 2.05) is 0 Å². The maximum absolute atomic E-state index is 13.4. The topological polar surface area (TPSA) is 80.7 Å². The first-order chi connectivity index (χ1) is 14.6. The Morgan fingerprint density at radius 1 is 1.35 bits per heavy atom. The number of alkyl halides is 3. The lowest BCUT2D eigenvalue weighted by atomic mass is 9.74. The number of halogens is 4. The van der Waals surface area contributed by atoms with Gasteiger partial charge in [0.15, 0.2) is 0 Å². The normalized spacial score (nSPS) is 33.2. The van der Waals surface area contributed by atoms with Gasteiger partial charge in [0.05, 0.1) is 41.4 Å². The fourth-order valence-electron chi connectivity index (χ4n) is 5.40. The summed E-state index contributed by atoms with van der Waals surface area (Å²) in [6.07, 6.45) is -4.04. The highest BCUT2D eigenvalue weighted by atomic mass is 35.5. The maximum atomic E-state index is 13.4. The van der Waals surface area contributed by atoms with Crippen molar-refractivity contribution in [3.05, 3.63) is 52.7 Å².